The molecule has 4 aromatic rings. The summed E-state index contributed by atoms with van der Waals surface area (Å²) in [5.74, 6) is -0.0966. The molecule has 132 valence electrons. The first-order valence-corrected chi connectivity index (χ1v) is 9.08. The van der Waals surface area contributed by atoms with Crippen LogP contribution in [0.5, 0.6) is 0 Å². The number of halogens is 1. The van der Waals surface area contributed by atoms with Crippen LogP contribution in [0.15, 0.2) is 67.0 Å². The number of fused-ring (bicyclic) bond motifs is 2. The number of rotatable bonds is 2. The van der Waals surface area contributed by atoms with E-state index in [0.717, 1.165) is 23.2 Å². The molecule has 0 radical (unpaired) electrons. The maximum Gasteiger partial charge on any atom is 0.277 e. The Morgan fingerprint density at radius 2 is 1.96 bits per heavy atom. The van der Waals surface area contributed by atoms with E-state index in [4.69, 9.17) is 11.6 Å². The van der Waals surface area contributed by atoms with Crippen LogP contribution in [0, 0.1) is 0 Å². The van der Waals surface area contributed by atoms with E-state index in [9.17, 15) is 4.79 Å². The van der Waals surface area contributed by atoms with E-state index in [1.807, 2.05) is 42.5 Å². The van der Waals surface area contributed by atoms with Gasteiger partial charge < -0.3 is 4.90 Å². The van der Waals surface area contributed by atoms with Gasteiger partial charge >= 0.3 is 0 Å². The van der Waals surface area contributed by atoms with E-state index in [-0.39, 0.29) is 5.91 Å². The Morgan fingerprint density at radius 3 is 2.85 bits per heavy atom. The fourth-order valence-corrected chi connectivity index (χ4v) is 3.73. The molecule has 1 aliphatic heterocycles. The lowest BCUT2D eigenvalue weighted by Gasteiger charge is -2.16. The lowest BCUT2D eigenvalue weighted by Crippen LogP contribution is -2.29. The van der Waals surface area contributed by atoms with Crippen LogP contribution in [0.4, 0.5) is 5.69 Å². The summed E-state index contributed by atoms with van der Waals surface area (Å²) < 4.78 is 1.67. The fourth-order valence-electron chi connectivity index (χ4n) is 3.54. The van der Waals surface area contributed by atoms with E-state index in [0.29, 0.717) is 22.9 Å². The molecule has 27 heavy (non-hydrogen) atoms. The van der Waals surface area contributed by atoms with Crippen molar-refractivity contribution in [1.82, 2.24) is 14.6 Å². The lowest BCUT2D eigenvalue weighted by molar-refractivity contribution is 0.0984. The molecule has 0 aliphatic carbocycles. The van der Waals surface area contributed by atoms with Crippen molar-refractivity contribution in [3.8, 4) is 11.1 Å². The highest BCUT2D eigenvalue weighted by atomic mass is 35.5. The van der Waals surface area contributed by atoms with E-state index in [1.165, 1.54) is 5.56 Å². The van der Waals surface area contributed by atoms with E-state index < -0.39 is 0 Å². The van der Waals surface area contributed by atoms with Gasteiger partial charge in [-0.2, -0.15) is 5.10 Å². The number of para-hydroxylation sites is 1. The van der Waals surface area contributed by atoms with Gasteiger partial charge in [0.05, 0.1) is 6.20 Å². The second-order valence-electron chi connectivity index (χ2n) is 6.49. The molecule has 5 rings (SSSR count). The predicted octanol–water partition coefficient (Wildman–Crippen LogP) is 4.25. The minimum atomic E-state index is -0.0966. The maximum atomic E-state index is 13.1. The van der Waals surface area contributed by atoms with Gasteiger partial charge in [-0.3, -0.25) is 4.79 Å². The molecule has 0 spiro atoms. The Kier molecular flexibility index (Phi) is 3.69. The summed E-state index contributed by atoms with van der Waals surface area (Å²) in [6.45, 7) is 0.672. The number of carbonyl (C=O) groups is 1. The predicted molar refractivity (Wildman–Crippen MR) is 105 cm³/mol. The van der Waals surface area contributed by atoms with Crippen molar-refractivity contribution in [2.75, 3.05) is 11.4 Å². The summed E-state index contributed by atoms with van der Waals surface area (Å²) in [6.07, 6.45) is 4.38. The molecular formula is C21H15ClN4O. The molecule has 0 saturated heterocycles. The van der Waals surface area contributed by atoms with Crippen LogP contribution in [0.25, 0.3) is 16.8 Å². The third-order valence-corrected chi connectivity index (χ3v) is 5.09. The number of anilines is 1. The summed E-state index contributed by atoms with van der Waals surface area (Å²) in [7, 11) is 0. The van der Waals surface area contributed by atoms with Gasteiger partial charge in [0.15, 0.2) is 5.65 Å². The first kappa shape index (κ1) is 16.0. The summed E-state index contributed by atoms with van der Waals surface area (Å²) >= 11 is 6.12. The van der Waals surface area contributed by atoms with Crippen LogP contribution in [0.2, 0.25) is 5.02 Å². The first-order valence-electron chi connectivity index (χ1n) is 8.71. The van der Waals surface area contributed by atoms with Crippen molar-refractivity contribution in [2.24, 2.45) is 0 Å². The van der Waals surface area contributed by atoms with Crippen molar-refractivity contribution >= 4 is 28.8 Å². The van der Waals surface area contributed by atoms with Gasteiger partial charge in [0.25, 0.3) is 5.91 Å². The summed E-state index contributed by atoms with van der Waals surface area (Å²) in [5, 5.41) is 4.99. The molecule has 0 bridgehead atoms. The Bertz CT molecular complexity index is 1180. The number of hydrogen-bond donors (Lipinski definition) is 0. The average Bonchev–Trinajstić information content (AvgIpc) is 3.31. The van der Waals surface area contributed by atoms with Crippen molar-refractivity contribution in [3.05, 3.63) is 83.3 Å². The number of hydrogen-bond acceptors (Lipinski definition) is 3. The zero-order chi connectivity index (χ0) is 18.4. The third kappa shape index (κ3) is 2.67. The van der Waals surface area contributed by atoms with Crippen molar-refractivity contribution in [3.63, 3.8) is 0 Å². The Labute approximate surface area is 160 Å². The van der Waals surface area contributed by atoms with Gasteiger partial charge in [0.1, 0.15) is 5.69 Å². The quantitative estimate of drug-likeness (QED) is 0.527. The highest BCUT2D eigenvalue weighted by Gasteiger charge is 2.26. The average molecular weight is 375 g/mol. The molecule has 0 unspecified atom stereocenters. The third-order valence-electron chi connectivity index (χ3n) is 4.86. The Morgan fingerprint density at radius 1 is 1.07 bits per heavy atom. The molecule has 3 heterocycles. The van der Waals surface area contributed by atoms with Gasteiger partial charge in [-0.1, -0.05) is 41.9 Å². The monoisotopic (exact) mass is 374 g/mol. The van der Waals surface area contributed by atoms with Gasteiger partial charge in [-0.15, -0.1) is 0 Å². The Balaban J connectivity index is 1.57. The molecule has 0 saturated carbocycles. The number of nitrogens with zero attached hydrogens (tertiary/aromatic N) is 4. The molecule has 6 heteroatoms. The zero-order valence-corrected chi connectivity index (χ0v) is 15.1. The minimum absolute atomic E-state index is 0.0966. The van der Waals surface area contributed by atoms with Crippen LogP contribution >= 0.6 is 11.6 Å². The van der Waals surface area contributed by atoms with Crippen molar-refractivity contribution < 1.29 is 4.79 Å². The molecule has 2 aromatic carbocycles. The van der Waals surface area contributed by atoms with Crippen LogP contribution < -0.4 is 4.90 Å². The highest BCUT2D eigenvalue weighted by molar-refractivity contribution is 6.30. The molecular weight excluding hydrogens is 360 g/mol. The van der Waals surface area contributed by atoms with Crippen LogP contribution in [-0.4, -0.2) is 27.0 Å². The van der Waals surface area contributed by atoms with Crippen molar-refractivity contribution in [1.29, 1.82) is 0 Å². The largest absolute Gasteiger partial charge is 0.306 e. The van der Waals surface area contributed by atoms with E-state index >= 15 is 0 Å². The Hall–Kier alpha value is -3.18. The maximum absolute atomic E-state index is 13.1. The second kappa shape index (κ2) is 6.21. The lowest BCUT2D eigenvalue weighted by atomic mass is 10.1. The minimum Gasteiger partial charge on any atom is -0.306 e. The van der Waals surface area contributed by atoms with Crippen LogP contribution in [0.3, 0.4) is 0 Å². The number of aromatic nitrogens is 3. The summed E-state index contributed by atoms with van der Waals surface area (Å²) in [6, 6.07) is 17.2. The molecule has 0 N–H and O–H groups in total. The van der Waals surface area contributed by atoms with Crippen molar-refractivity contribution in [2.45, 2.75) is 6.42 Å². The fraction of sp³-hybridized carbons (Fsp3) is 0.0952. The van der Waals surface area contributed by atoms with E-state index in [2.05, 4.69) is 16.1 Å². The zero-order valence-electron chi connectivity index (χ0n) is 14.3. The molecule has 1 aliphatic rings. The number of amides is 1. The smallest absolute Gasteiger partial charge is 0.277 e. The van der Waals surface area contributed by atoms with Crippen LogP contribution in [0.1, 0.15) is 16.1 Å². The number of carbonyl (C=O) groups excluding carboxylic acids is 1. The summed E-state index contributed by atoms with van der Waals surface area (Å²) in [4.78, 5) is 19.5. The van der Waals surface area contributed by atoms with E-state index in [1.54, 1.807) is 27.9 Å². The normalized spacial score (nSPS) is 13.1. The molecule has 2 aromatic heterocycles. The van der Waals surface area contributed by atoms with Gasteiger partial charge in [-0.25, -0.2) is 9.50 Å². The number of benzene rings is 2. The SMILES string of the molecule is O=C(c1ccn2ncc(-c3cccc(Cl)c3)c2n1)N1CCc2ccccc21. The standard InChI is InChI=1S/C21H15ClN4O/c22-16-6-3-5-15(12-16)17-13-23-26-11-9-18(24-20(17)26)21(27)25-10-8-14-4-1-2-7-19(14)25/h1-7,9,11-13H,8,10H2. The molecule has 1 amide bonds. The molecule has 0 atom stereocenters. The first-order chi connectivity index (χ1) is 13.2. The topological polar surface area (TPSA) is 50.5 Å². The summed E-state index contributed by atoms with van der Waals surface area (Å²) in [5.41, 5.74) is 4.96. The van der Waals surface area contributed by atoms with Crippen LogP contribution in [-0.2, 0) is 6.42 Å². The van der Waals surface area contributed by atoms with Gasteiger partial charge in [-0.05, 0) is 41.8 Å². The van der Waals surface area contributed by atoms with Gasteiger partial charge in [0, 0.05) is 29.0 Å². The highest BCUT2D eigenvalue weighted by Crippen LogP contribution is 2.29. The molecule has 5 nitrogen and oxygen atoms in total. The molecule has 0 fully saturated rings. The second-order valence-corrected chi connectivity index (χ2v) is 6.92. The van der Waals surface area contributed by atoms with Gasteiger partial charge in [0.2, 0.25) is 0 Å².